The van der Waals surface area contributed by atoms with Crippen molar-refractivity contribution in [3.63, 3.8) is 0 Å². The van der Waals surface area contributed by atoms with Crippen LogP contribution in [0.2, 0.25) is 0 Å². The highest BCUT2D eigenvalue weighted by Crippen LogP contribution is 2.33. The Bertz CT molecular complexity index is 715. The highest BCUT2D eigenvalue weighted by atomic mass is 32.1. The number of hydrogen-bond acceptors (Lipinski definition) is 3. The molecule has 2 N–H and O–H groups in total. The van der Waals surface area contributed by atoms with Gasteiger partial charge >= 0.3 is 0 Å². The zero-order chi connectivity index (χ0) is 15.7. The quantitative estimate of drug-likeness (QED) is 0.897. The maximum Gasteiger partial charge on any atom is 0.266 e. The Morgan fingerprint density at radius 1 is 1.09 bits per heavy atom. The van der Waals surface area contributed by atoms with Gasteiger partial charge in [0, 0.05) is 11.6 Å². The average Bonchev–Trinajstić information content (AvgIpc) is 3.26. The molecule has 4 nitrogen and oxygen atoms in total. The van der Waals surface area contributed by atoms with Gasteiger partial charge < -0.3 is 10.6 Å². The predicted molar refractivity (Wildman–Crippen MR) is 89.5 cm³/mol. The molecule has 0 atom stereocenters. The fourth-order valence-electron chi connectivity index (χ4n) is 2.16. The van der Waals surface area contributed by atoms with Gasteiger partial charge in [-0.2, -0.15) is 0 Å². The van der Waals surface area contributed by atoms with E-state index in [9.17, 15) is 9.59 Å². The Morgan fingerprint density at radius 3 is 2.41 bits per heavy atom. The molecule has 114 valence electrons. The Kier molecular flexibility index (Phi) is 3.98. The summed E-state index contributed by atoms with van der Waals surface area (Å²) < 4.78 is 0. The number of carbonyl (C=O) groups excluding carboxylic acids is 2. The fourth-order valence-corrected chi connectivity index (χ4v) is 3.13. The van der Waals surface area contributed by atoms with Crippen molar-refractivity contribution in [3.05, 3.63) is 46.3 Å². The third-order valence-electron chi connectivity index (χ3n) is 3.63. The molecule has 1 aliphatic carbocycles. The van der Waals surface area contributed by atoms with E-state index in [-0.39, 0.29) is 17.7 Å². The van der Waals surface area contributed by atoms with Crippen LogP contribution in [0.25, 0.3) is 0 Å². The summed E-state index contributed by atoms with van der Waals surface area (Å²) in [5.74, 6) is 0.0808. The lowest BCUT2D eigenvalue weighted by atomic mass is 10.2. The second-order valence-electron chi connectivity index (χ2n) is 5.71. The van der Waals surface area contributed by atoms with Crippen LogP contribution in [-0.2, 0) is 4.79 Å². The minimum absolute atomic E-state index is 0.0618. The van der Waals surface area contributed by atoms with E-state index < -0.39 is 0 Å². The van der Waals surface area contributed by atoms with Crippen LogP contribution in [0.1, 0.15) is 33.6 Å². The van der Waals surface area contributed by atoms with Crippen LogP contribution in [0.15, 0.2) is 30.3 Å². The molecular weight excluding hydrogens is 296 g/mol. The summed E-state index contributed by atoms with van der Waals surface area (Å²) in [7, 11) is 0. The van der Waals surface area contributed by atoms with Crippen LogP contribution in [0.4, 0.5) is 10.7 Å². The number of rotatable bonds is 4. The van der Waals surface area contributed by atoms with E-state index in [1.54, 1.807) is 0 Å². The summed E-state index contributed by atoms with van der Waals surface area (Å²) >= 11 is 1.32. The minimum atomic E-state index is -0.140. The number of nitrogens with one attached hydrogen (secondary N) is 2. The molecule has 0 radical (unpaired) electrons. The SMILES string of the molecule is Cc1ccc(NC(=O)c2sc(NC(=O)C3CC3)cc2C)cc1. The third kappa shape index (κ3) is 3.36. The lowest BCUT2D eigenvalue weighted by Crippen LogP contribution is -2.12. The summed E-state index contributed by atoms with van der Waals surface area (Å²) in [6.45, 7) is 3.89. The second-order valence-corrected chi connectivity index (χ2v) is 6.76. The molecule has 22 heavy (non-hydrogen) atoms. The maximum atomic E-state index is 12.4. The molecule has 0 aliphatic heterocycles. The highest BCUT2D eigenvalue weighted by molar-refractivity contribution is 7.18. The van der Waals surface area contributed by atoms with Gasteiger partial charge in [0.15, 0.2) is 0 Å². The van der Waals surface area contributed by atoms with E-state index in [4.69, 9.17) is 0 Å². The van der Waals surface area contributed by atoms with Crippen molar-refractivity contribution >= 4 is 33.8 Å². The first kappa shape index (κ1) is 14.8. The van der Waals surface area contributed by atoms with Crippen molar-refractivity contribution in [3.8, 4) is 0 Å². The van der Waals surface area contributed by atoms with Crippen molar-refractivity contribution in [2.24, 2.45) is 5.92 Å². The molecule has 0 unspecified atom stereocenters. The van der Waals surface area contributed by atoms with Gasteiger partial charge in [0.05, 0.1) is 9.88 Å². The fraction of sp³-hybridized carbons (Fsp3) is 0.294. The number of aryl methyl sites for hydroxylation is 2. The molecule has 0 saturated heterocycles. The van der Waals surface area contributed by atoms with Crippen LogP contribution in [0.5, 0.6) is 0 Å². The summed E-state index contributed by atoms with van der Waals surface area (Å²) in [5.41, 5.74) is 2.79. The van der Waals surface area contributed by atoms with E-state index >= 15 is 0 Å². The number of thiophene rings is 1. The number of anilines is 2. The van der Waals surface area contributed by atoms with Crippen molar-refractivity contribution in [2.45, 2.75) is 26.7 Å². The molecule has 1 heterocycles. The van der Waals surface area contributed by atoms with E-state index in [1.807, 2.05) is 44.2 Å². The summed E-state index contributed by atoms with van der Waals surface area (Å²) in [5, 5.41) is 6.52. The summed E-state index contributed by atoms with van der Waals surface area (Å²) in [4.78, 5) is 24.8. The average molecular weight is 314 g/mol. The molecule has 2 aromatic rings. The molecule has 1 saturated carbocycles. The third-order valence-corrected chi connectivity index (χ3v) is 4.78. The zero-order valence-corrected chi connectivity index (χ0v) is 13.4. The Labute approximate surface area is 133 Å². The minimum Gasteiger partial charge on any atom is -0.321 e. The van der Waals surface area contributed by atoms with Gasteiger partial charge in [-0.25, -0.2) is 0 Å². The van der Waals surface area contributed by atoms with Crippen LogP contribution in [0.3, 0.4) is 0 Å². The first-order chi connectivity index (χ1) is 10.5. The van der Waals surface area contributed by atoms with E-state index in [1.165, 1.54) is 11.3 Å². The van der Waals surface area contributed by atoms with Gasteiger partial charge in [-0.3, -0.25) is 9.59 Å². The molecule has 0 bridgehead atoms. The Hall–Kier alpha value is -2.14. The van der Waals surface area contributed by atoms with Crippen molar-refractivity contribution in [1.82, 2.24) is 0 Å². The molecule has 3 rings (SSSR count). The topological polar surface area (TPSA) is 58.2 Å². The van der Waals surface area contributed by atoms with Crippen molar-refractivity contribution in [1.29, 1.82) is 0 Å². The maximum absolute atomic E-state index is 12.4. The lowest BCUT2D eigenvalue weighted by molar-refractivity contribution is -0.117. The molecule has 1 aromatic heterocycles. The van der Waals surface area contributed by atoms with Crippen LogP contribution in [0, 0.1) is 19.8 Å². The number of amides is 2. The zero-order valence-electron chi connectivity index (χ0n) is 12.6. The second kappa shape index (κ2) is 5.93. The molecule has 1 aromatic carbocycles. The van der Waals surface area contributed by atoms with Crippen LogP contribution < -0.4 is 10.6 Å². The monoisotopic (exact) mass is 314 g/mol. The summed E-state index contributed by atoms with van der Waals surface area (Å²) in [6, 6.07) is 9.53. The number of hydrogen-bond donors (Lipinski definition) is 2. The van der Waals surface area contributed by atoms with E-state index in [0.717, 1.165) is 34.7 Å². The van der Waals surface area contributed by atoms with Crippen molar-refractivity contribution in [2.75, 3.05) is 10.6 Å². The van der Waals surface area contributed by atoms with Gasteiger partial charge in [-0.05, 0) is 50.5 Å². The normalized spacial score (nSPS) is 13.7. The number of benzene rings is 1. The molecule has 1 fully saturated rings. The van der Waals surface area contributed by atoms with Gasteiger partial charge in [-0.15, -0.1) is 11.3 Å². The van der Waals surface area contributed by atoms with Crippen LogP contribution >= 0.6 is 11.3 Å². The standard InChI is InChI=1S/C17H18N2O2S/c1-10-3-7-13(8-4-10)18-17(21)15-11(2)9-14(22-15)19-16(20)12-5-6-12/h3-4,7-9,12H,5-6H2,1-2H3,(H,18,21)(H,19,20). The van der Waals surface area contributed by atoms with Gasteiger partial charge in [0.25, 0.3) is 5.91 Å². The van der Waals surface area contributed by atoms with Gasteiger partial charge in [0.2, 0.25) is 5.91 Å². The summed E-state index contributed by atoms with van der Waals surface area (Å²) in [6.07, 6.45) is 1.94. The lowest BCUT2D eigenvalue weighted by Gasteiger charge is -2.04. The Morgan fingerprint density at radius 2 is 1.77 bits per heavy atom. The molecule has 1 aliphatic rings. The predicted octanol–water partition coefficient (Wildman–Crippen LogP) is 3.97. The van der Waals surface area contributed by atoms with Gasteiger partial charge in [0.1, 0.15) is 0 Å². The molecule has 2 amide bonds. The van der Waals surface area contributed by atoms with Crippen molar-refractivity contribution < 1.29 is 9.59 Å². The largest absolute Gasteiger partial charge is 0.321 e. The smallest absolute Gasteiger partial charge is 0.266 e. The first-order valence-corrected chi connectivity index (χ1v) is 8.14. The van der Waals surface area contributed by atoms with E-state index in [0.29, 0.717) is 4.88 Å². The molecular formula is C17H18N2O2S. The Balaban J connectivity index is 1.70. The first-order valence-electron chi connectivity index (χ1n) is 7.32. The molecule has 5 heteroatoms. The van der Waals surface area contributed by atoms with E-state index in [2.05, 4.69) is 10.6 Å². The highest BCUT2D eigenvalue weighted by Gasteiger charge is 2.30. The number of carbonyl (C=O) groups is 2. The van der Waals surface area contributed by atoms with Gasteiger partial charge in [-0.1, -0.05) is 17.7 Å². The molecule has 0 spiro atoms. The van der Waals surface area contributed by atoms with Crippen LogP contribution in [-0.4, -0.2) is 11.8 Å².